The Balaban J connectivity index is 1.67. The summed E-state index contributed by atoms with van der Waals surface area (Å²) in [6, 6.07) is 16.2. The Morgan fingerprint density at radius 2 is 1.75 bits per heavy atom. The first kappa shape index (κ1) is 19.6. The van der Waals surface area contributed by atoms with Crippen LogP contribution in [0.1, 0.15) is 28.4 Å². The lowest BCUT2D eigenvalue weighted by Gasteiger charge is -2.23. The molecule has 4 amide bonds. The van der Waals surface area contributed by atoms with E-state index in [0.717, 1.165) is 16.0 Å². The van der Waals surface area contributed by atoms with E-state index < -0.39 is 5.54 Å². The molecule has 0 saturated carbocycles. The van der Waals surface area contributed by atoms with E-state index in [1.807, 2.05) is 49.5 Å². The van der Waals surface area contributed by atoms with Crippen LogP contribution in [0.2, 0.25) is 0 Å². The molecule has 1 saturated heterocycles. The van der Waals surface area contributed by atoms with Crippen LogP contribution in [0.15, 0.2) is 54.6 Å². The minimum Gasteiger partial charge on any atom is -0.355 e. The first-order chi connectivity index (χ1) is 13.3. The third-order valence-electron chi connectivity index (χ3n) is 5.00. The fourth-order valence-electron chi connectivity index (χ4n) is 3.40. The van der Waals surface area contributed by atoms with E-state index in [1.165, 1.54) is 4.90 Å². The molecular weight excluding hydrogens is 356 g/mol. The van der Waals surface area contributed by atoms with Crippen molar-refractivity contribution in [3.05, 3.63) is 71.3 Å². The number of hydrogen-bond donors (Lipinski definition) is 3. The average molecular weight is 381 g/mol. The Morgan fingerprint density at radius 1 is 1.11 bits per heavy atom. The van der Waals surface area contributed by atoms with Crippen molar-refractivity contribution >= 4 is 17.8 Å². The number of urea groups is 1. The number of imide groups is 1. The van der Waals surface area contributed by atoms with Crippen LogP contribution >= 0.6 is 0 Å². The van der Waals surface area contributed by atoms with Crippen molar-refractivity contribution in [3.63, 3.8) is 0 Å². The minimum atomic E-state index is -1.05. The molecule has 0 aromatic heterocycles. The lowest BCUT2D eigenvalue weighted by molar-refractivity contribution is -0.901. The molecule has 3 rings (SSSR count). The van der Waals surface area contributed by atoms with E-state index in [0.29, 0.717) is 12.1 Å². The molecule has 1 fully saturated rings. The fourth-order valence-corrected chi connectivity index (χ4v) is 3.40. The summed E-state index contributed by atoms with van der Waals surface area (Å²) in [6.07, 6.45) is 0. The van der Waals surface area contributed by atoms with E-state index in [1.54, 1.807) is 26.1 Å². The highest BCUT2D eigenvalue weighted by molar-refractivity contribution is 6.07. The predicted molar refractivity (Wildman–Crippen MR) is 104 cm³/mol. The van der Waals surface area contributed by atoms with Gasteiger partial charge in [-0.1, -0.05) is 42.5 Å². The molecule has 0 spiro atoms. The Labute approximate surface area is 164 Å². The zero-order chi connectivity index (χ0) is 20.3. The summed E-state index contributed by atoms with van der Waals surface area (Å²) in [6.45, 7) is 2.60. The third kappa shape index (κ3) is 3.75. The second kappa shape index (κ2) is 7.82. The molecule has 28 heavy (non-hydrogen) atoms. The highest BCUT2D eigenvalue weighted by Crippen LogP contribution is 2.27. The van der Waals surface area contributed by atoms with Crippen LogP contribution < -0.4 is 15.5 Å². The van der Waals surface area contributed by atoms with Crippen molar-refractivity contribution in [2.75, 3.05) is 20.8 Å². The molecule has 146 valence electrons. The molecule has 0 aliphatic carbocycles. The monoisotopic (exact) mass is 381 g/mol. The van der Waals surface area contributed by atoms with Crippen LogP contribution in [0.5, 0.6) is 0 Å². The third-order valence-corrected chi connectivity index (χ3v) is 5.00. The number of hydrogen-bond acceptors (Lipinski definition) is 3. The Hall–Kier alpha value is -3.19. The molecule has 1 unspecified atom stereocenters. The van der Waals surface area contributed by atoms with Gasteiger partial charge in [-0.05, 0) is 24.6 Å². The number of nitrogens with one attached hydrogen (secondary N) is 3. The van der Waals surface area contributed by atoms with Crippen LogP contribution in [0.25, 0.3) is 0 Å². The van der Waals surface area contributed by atoms with Crippen LogP contribution in [0.3, 0.4) is 0 Å². The Morgan fingerprint density at radius 3 is 2.36 bits per heavy atom. The number of rotatable bonds is 6. The number of nitrogens with zero attached hydrogens (tertiary/aromatic N) is 1. The summed E-state index contributed by atoms with van der Waals surface area (Å²) in [7, 11) is 3.51. The molecule has 0 radical (unpaired) electrons. The molecule has 1 aliphatic rings. The SMILES string of the molecule is CNC(=O)c1ccc(C[NH+](C)CN2C(=O)N[C@](C)(c3ccccc3)C2=O)cc1. The van der Waals surface area contributed by atoms with E-state index >= 15 is 0 Å². The number of carbonyl (C=O) groups excluding carboxylic acids is 3. The van der Waals surface area contributed by atoms with E-state index in [4.69, 9.17) is 0 Å². The summed E-state index contributed by atoms with van der Waals surface area (Å²) >= 11 is 0. The van der Waals surface area contributed by atoms with Gasteiger partial charge in [-0.2, -0.15) is 0 Å². The number of carbonyl (C=O) groups is 3. The predicted octanol–water partition coefficient (Wildman–Crippen LogP) is 0.486. The first-order valence-electron chi connectivity index (χ1n) is 9.17. The highest BCUT2D eigenvalue weighted by atomic mass is 16.2. The van der Waals surface area contributed by atoms with Gasteiger partial charge in [0.2, 0.25) is 0 Å². The van der Waals surface area contributed by atoms with Gasteiger partial charge in [0, 0.05) is 18.2 Å². The first-order valence-corrected chi connectivity index (χ1v) is 9.17. The van der Waals surface area contributed by atoms with Crippen LogP contribution in [-0.4, -0.2) is 43.5 Å². The fraction of sp³-hybridized carbons (Fsp3) is 0.286. The van der Waals surface area contributed by atoms with Gasteiger partial charge in [-0.3, -0.25) is 9.59 Å². The molecule has 2 atom stereocenters. The van der Waals surface area contributed by atoms with Crippen molar-refractivity contribution in [2.24, 2.45) is 0 Å². The van der Waals surface area contributed by atoms with E-state index in [2.05, 4.69) is 10.6 Å². The van der Waals surface area contributed by atoms with Crippen LogP contribution in [0.4, 0.5) is 4.79 Å². The van der Waals surface area contributed by atoms with Crippen molar-refractivity contribution in [1.82, 2.24) is 15.5 Å². The summed E-state index contributed by atoms with van der Waals surface area (Å²) < 4.78 is 0. The second-order valence-electron chi connectivity index (χ2n) is 7.22. The van der Waals surface area contributed by atoms with Gasteiger partial charge in [0.05, 0.1) is 7.05 Å². The van der Waals surface area contributed by atoms with Crippen LogP contribution in [0, 0.1) is 0 Å². The summed E-state index contributed by atoms with van der Waals surface area (Å²) in [5.41, 5.74) is 1.33. The van der Waals surface area contributed by atoms with Crippen molar-refractivity contribution < 1.29 is 19.3 Å². The molecule has 7 heteroatoms. The topological polar surface area (TPSA) is 82.9 Å². The normalized spacial score (nSPS) is 20.0. The van der Waals surface area contributed by atoms with Crippen LogP contribution in [-0.2, 0) is 16.9 Å². The maximum absolute atomic E-state index is 13.0. The molecular formula is C21H25N4O3+. The molecule has 2 aromatic carbocycles. The largest absolute Gasteiger partial charge is 0.355 e. The van der Waals surface area contributed by atoms with Gasteiger partial charge < -0.3 is 15.5 Å². The number of benzene rings is 2. The van der Waals surface area contributed by atoms with E-state index in [-0.39, 0.29) is 24.5 Å². The molecule has 1 aliphatic heterocycles. The van der Waals surface area contributed by atoms with Gasteiger partial charge in [0.25, 0.3) is 11.8 Å². The van der Waals surface area contributed by atoms with Crippen molar-refractivity contribution in [2.45, 2.75) is 19.0 Å². The van der Waals surface area contributed by atoms with Gasteiger partial charge in [0.15, 0.2) is 6.67 Å². The van der Waals surface area contributed by atoms with Crippen molar-refractivity contribution in [3.8, 4) is 0 Å². The van der Waals surface area contributed by atoms with Gasteiger partial charge >= 0.3 is 6.03 Å². The van der Waals surface area contributed by atoms with Gasteiger partial charge in [-0.15, -0.1) is 0 Å². The Bertz CT molecular complexity index is 882. The summed E-state index contributed by atoms with van der Waals surface area (Å²) in [5, 5.41) is 5.41. The Kier molecular flexibility index (Phi) is 5.46. The minimum absolute atomic E-state index is 0.133. The maximum Gasteiger partial charge on any atom is 0.329 e. The number of amides is 4. The molecule has 0 bridgehead atoms. The quantitative estimate of drug-likeness (QED) is 0.637. The van der Waals surface area contributed by atoms with Gasteiger partial charge in [-0.25, -0.2) is 9.69 Å². The van der Waals surface area contributed by atoms with Crippen molar-refractivity contribution in [1.29, 1.82) is 0 Å². The second-order valence-corrected chi connectivity index (χ2v) is 7.22. The zero-order valence-electron chi connectivity index (χ0n) is 16.3. The number of quaternary nitrogens is 1. The maximum atomic E-state index is 13.0. The standard InChI is InChI=1S/C21H24N4O3/c1-21(17-7-5-4-6-8-17)19(27)25(20(28)23-21)14-24(3)13-15-9-11-16(12-10-15)18(26)22-2/h4-12H,13-14H2,1-3H3,(H,22,26)(H,23,28)/p+1/t21-/m1/s1. The zero-order valence-corrected chi connectivity index (χ0v) is 16.3. The lowest BCUT2D eigenvalue weighted by atomic mass is 9.92. The summed E-state index contributed by atoms with van der Waals surface area (Å²) in [4.78, 5) is 39.3. The molecule has 2 aromatic rings. The molecule has 7 nitrogen and oxygen atoms in total. The smallest absolute Gasteiger partial charge is 0.329 e. The lowest BCUT2D eigenvalue weighted by Crippen LogP contribution is -3.09. The molecule has 1 heterocycles. The van der Waals surface area contributed by atoms with E-state index in [9.17, 15) is 14.4 Å². The summed E-state index contributed by atoms with van der Waals surface area (Å²) in [5.74, 6) is -0.384. The highest BCUT2D eigenvalue weighted by Gasteiger charge is 2.49. The molecule has 3 N–H and O–H groups in total. The average Bonchev–Trinajstić information content (AvgIpc) is 2.92. The van der Waals surface area contributed by atoms with Gasteiger partial charge in [0.1, 0.15) is 12.1 Å².